The van der Waals surface area contributed by atoms with Gasteiger partial charge in [0, 0.05) is 5.56 Å². The predicted octanol–water partition coefficient (Wildman–Crippen LogP) is 4.51. The van der Waals surface area contributed by atoms with E-state index in [1.807, 2.05) is 5.38 Å². The fraction of sp³-hybridized carbons (Fsp3) is 0.615. The van der Waals surface area contributed by atoms with E-state index in [9.17, 15) is 4.79 Å². The highest BCUT2D eigenvalue weighted by molar-refractivity contribution is 7.12. The smallest absolute Gasteiger partial charge is 0.245 e. The largest absolute Gasteiger partial charge is 0.543 e. The summed E-state index contributed by atoms with van der Waals surface area (Å²) in [7, 11) is -1.68. The Morgan fingerprint density at radius 1 is 1.41 bits per heavy atom. The van der Waals surface area contributed by atoms with Gasteiger partial charge in [0.15, 0.2) is 6.29 Å². The second-order valence-electron chi connectivity index (χ2n) is 4.89. The fourth-order valence-corrected chi connectivity index (χ4v) is 4.82. The van der Waals surface area contributed by atoms with Crippen LogP contribution in [0, 0.1) is 0 Å². The molecule has 0 saturated heterocycles. The van der Waals surface area contributed by atoms with Crippen LogP contribution in [0.2, 0.25) is 19.1 Å². The molecule has 0 N–H and O–H groups in total. The van der Waals surface area contributed by atoms with Crippen molar-refractivity contribution in [3.63, 3.8) is 0 Å². The topological polar surface area (TPSA) is 26.3 Å². The molecule has 1 heterocycles. The molecule has 96 valence electrons. The first-order valence-corrected chi connectivity index (χ1v) is 10.3. The van der Waals surface area contributed by atoms with Crippen molar-refractivity contribution in [3.8, 4) is 5.75 Å². The zero-order valence-electron chi connectivity index (χ0n) is 11.2. The van der Waals surface area contributed by atoms with Gasteiger partial charge < -0.3 is 4.43 Å². The molecule has 0 spiro atoms. The van der Waals surface area contributed by atoms with Crippen molar-refractivity contribution < 1.29 is 9.22 Å². The second kappa shape index (κ2) is 6.35. The lowest BCUT2D eigenvalue weighted by Gasteiger charge is -2.24. The minimum Gasteiger partial charge on any atom is -0.543 e. The van der Waals surface area contributed by atoms with E-state index in [-0.39, 0.29) is 0 Å². The van der Waals surface area contributed by atoms with Gasteiger partial charge in [0.2, 0.25) is 8.32 Å². The molecule has 1 aromatic heterocycles. The molecular weight excluding hydrogens is 248 g/mol. The zero-order valence-corrected chi connectivity index (χ0v) is 13.0. The number of hydrogen-bond donors (Lipinski definition) is 0. The first-order chi connectivity index (χ1) is 8.04. The number of aryl methyl sites for hydroxylation is 1. The summed E-state index contributed by atoms with van der Waals surface area (Å²) in [5.41, 5.74) is 1.18. The highest BCUT2D eigenvalue weighted by Gasteiger charge is 2.26. The van der Waals surface area contributed by atoms with Gasteiger partial charge in [-0.1, -0.05) is 26.7 Å². The van der Waals surface area contributed by atoms with E-state index in [0.717, 1.165) is 29.4 Å². The van der Waals surface area contributed by atoms with Crippen molar-refractivity contribution in [1.82, 2.24) is 0 Å². The van der Waals surface area contributed by atoms with Crippen LogP contribution < -0.4 is 4.43 Å². The molecule has 0 fully saturated rings. The standard InChI is InChI=1S/C13H22O2SSi/c1-5-7-8-17(3,4)15-13-11(6-2)10-16-12(13)9-14/h9-10H,5-8H2,1-4H3. The molecule has 0 aliphatic rings. The molecule has 0 unspecified atom stereocenters. The van der Waals surface area contributed by atoms with Crippen LogP contribution in [-0.4, -0.2) is 14.6 Å². The number of unbranched alkanes of at least 4 members (excludes halogenated alkanes) is 1. The van der Waals surface area contributed by atoms with E-state index >= 15 is 0 Å². The van der Waals surface area contributed by atoms with Crippen molar-refractivity contribution in [2.24, 2.45) is 0 Å². The lowest BCUT2D eigenvalue weighted by atomic mass is 10.2. The summed E-state index contributed by atoms with van der Waals surface area (Å²) in [5.74, 6) is 0.861. The Hall–Kier alpha value is -0.613. The molecule has 2 nitrogen and oxygen atoms in total. The summed E-state index contributed by atoms with van der Waals surface area (Å²) in [4.78, 5) is 11.8. The van der Waals surface area contributed by atoms with Crippen LogP contribution in [0.1, 0.15) is 41.9 Å². The van der Waals surface area contributed by atoms with Gasteiger partial charge in [0.1, 0.15) is 10.6 Å². The first-order valence-electron chi connectivity index (χ1n) is 6.28. The Bertz CT molecular complexity index is 371. The minimum absolute atomic E-state index is 0.749. The Morgan fingerprint density at radius 2 is 2.12 bits per heavy atom. The summed E-state index contributed by atoms with van der Waals surface area (Å²) in [6, 6.07) is 1.15. The van der Waals surface area contributed by atoms with E-state index in [4.69, 9.17) is 4.43 Å². The highest BCUT2D eigenvalue weighted by Crippen LogP contribution is 2.33. The maximum absolute atomic E-state index is 11.0. The molecular formula is C13H22O2SSi. The molecule has 0 radical (unpaired) electrons. The summed E-state index contributed by atoms with van der Waals surface area (Å²) < 4.78 is 6.21. The van der Waals surface area contributed by atoms with Crippen molar-refractivity contribution in [3.05, 3.63) is 15.8 Å². The number of thiophene rings is 1. The van der Waals surface area contributed by atoms with Crippen LogP contribution in [0.5, 0.6) is 5.75 Å². The number of hydrogen-bond acceptors (Lipinski definition) is 3. The second-order valence-corrected chi connectivity index (χ2v) is 10.0. The van der Waals surface area contributed by atoms with Gasteiger partial charge >= 0.3 is 0 Å². The molecule has 0 bridgehead atoms. The Labute approximate surface area is 109 Å². The molecule has 0 aliphatic heterocycles. The van der Waals surface area contributed by atoms with Crippen LogP contribution in [0.25, 0.3) is 0 Å². The average Bonchev–Trinajstić information content (AvgIpc) is 2.68. The molecule has 4 heteroatoms. The number of aldehydes is 1. The third kappa shape index (κ3) is 3.96. The molecule has 0 aliphatic carbocycles. The number of carbonyl (C=O) groups excluding carboxylic acids is 1. The van der Waals surface area contributed by atoms with Crippen LogP contribution >= 0.6 is 11.3 Å². The summed E-state index contributed by atoms with van der Waals surface area (Å²) in [6.07, 6.45) is 4.26. The SMILES string of the molecule is CCCC[Si](C)(C)Oc1c(CC)csc1C=O. The van der Waals surface area contributed by atoms with Crippen LogP contribution in [-0.2, 0) is 6.42 Å². The van der Waals surface area contributed by atoms with E-state index in [1.54, 1.807) is 0 Å². The van der Waals surface area contributed by atoms with E-state index in [2.05, 4.69) is 26.9 Å². The van der Waals surface area contributed by atoms with Gasteiger partial charge in [0.05, 0.1) is 0 Å². The monoisotopic (exact) mass is 270 g/mol. The normalized spacial score (nSPS) is 11.5. The van der Waals surface area contributed by atoms with Crippen LogP contribution in [0.15, 0.2) is 5.38 Å². The quantitative estimate of drug-likeness (QED) is 0.538. The van der Waals surface area contributed by atoms with Gasteiger partial charge in [-0.3, -0.25) is 4.79 Å². The predicted molar refractivity (Wildman–Crippen MR) is 76.9 cm³/mol. The molecule has 17 heavy (non-hydrogen) atoms. The summed E-state index contributed by atoms with van der Waals surface area (Å²) >= 11 is 1.49. The number of carbonyl (C=O) groups is 1. The maximum atomic E-state index is 11.0. The van der Waals surface area contributed by atoms with Crippen molar-refractivity contribution in [1.29, 1.82) is 0 Å². The van der Waals surface area contributed by atoms with Gasteiger partial charge in [0.25, 0.3) is 0 Å². The highest BCUT2D eigenvalue weighted by atomic mass is 32.1. The zero-order chi connectivity index (χ0) is 12.9. The Balaban J connectivity index is 2.85. The van der Waals surface area contributed by atoms with E-state index < -0.39 is 8.32 Å². The molecule has 1 aromatic rings. The Kier molecular flexibility index (Phi) is 5.40. The van der Waals surface area contributed by atoms with E-state index in [1.165, 1.54) is 29.7 Å². The summed E-state index contributed by atoms with van der Waals surface area (Å²) in [5, 5.41) is 2.05. The molecule has 0 aromatic carbocycles. The fourth-order valence-electron chi connectivity index (χ4n) is 1.77. The first kappa shape index (κ1) is 14.4. The maximum Gasteiger partial charge on any atom is 0.245 e. The van der Waals surface area contributed by atoms with Crippen molar-refractivity contribution in [2.45, 2.75) is 52.2 Å². The number of rotatable bonds is 7. The van der Waals surface area contributed by atoms with Gasteiger partial charge in [-0.05, 0) is 30.9 Å². The lowest BCUT2D eigenvalue weighted by molar-refractivity contribution is 0.112. The van der Waals surface area contributed by atoms with Crippen molar-refractivity contribution >= 4 is 25.9 Å². The lowest BCUT2D eigenvalue weighted by Crippen LogP contribution is -2.34. The molecule has 0 atom stereocenters. The Morgan fingerprint density at radius 3 is 2.65 bits per heavy atom. The minimum atomic E-state index is -1.68. The molecule has 1 rings (SSSR count). The van der Waals surface area contributed by atoms with Gasteiger partial charge in [-0.15, -0.1) is 11.3 Å². The molecule has 0 saturated carbocycles. The van der Waals surface area contributed by atoms with Gasteiger partial charge in [-0.25, -0.2) is 0 Å². The third-order valence-corrected chi connectivity index (χ3v) is 6.09. The molecule has 0 amide bonds. The third-order valence-electron chi connectivity index (χ3n) is 2.84. The van der Waals surface area contributed by atoms with Crippen molar-refractivity contribution in [2.75, 3.05) is 0 Å². The van der Waals surface area contributed by atoms with Crippen LogP contribution in [0.3, 0.4) is 0 Å². The van der Waals surface area contributed by atoms with E-state index in [0.29, 0.717) is 0 Å². The van der Waals surface area contributed by atoms with Crippen LogP contribution in [0.4, 0.5) is 0 Å². The summed E-state index contributed by atoms with van der Waals surface area (Å²) in [6.45, 7) is 8.76. The average molecular weight is 270 g/mol. The van der Waals surface area contributed by atoms with Gasteiger partial charge in [-0.2, -0.15) is 0 Å².